The Morgan fingerprint density at radius 1 is 1.33 bits per heavy atom. The number of benzene rings is 1. The summed E-state index contributed by atoms with van der Waals surface area (Å²) in [4.78, 5) is 2.41. The second-order valence-electron chi connectivity index (χ2n) is 7.31. The Kier molecular flexibility index (Phi) is 5.05. The van der Waals surface area contributed by atoms with Crippen molar-refractivity contribution in [3.05, 3.63) is 35.1 Å². The van der Waals surface area contributed by atoms with Crippen molar-refractivity contribution in [3.8, 4) is 0 Å². The molecule has 0 heterocycles. The average Bonchev–Trinajstić information content (AvgIpc) is 2.41. The van der Waals surface area contributed by atoms with Gasteiger partial charge in [-0.15, -0.1) is 0 Å². The molecule has 1 aromatic rings. The van der Waals surface area contributed by atoms with E-state index in [-0.39, 0.29) is 11.9 Å². The van der Waals surface area contributed by atoms with Gasteiger partial charge in [0.15, 0.2) is 0 Å². The Morgan fingerprint density at radius 3 is 2.48 bits per heavy atom. The molecule has 0 bridgehead atoms. The van der Waals surface area contributed by atoms with Gasteiger partial charge in [0.2, 0.25) is 0 Å². The molecule has 0 spiro atoms. The highest BCUT2D eigenvalue weighted by Crippen LogP contribution is 2.38. The molecule has 21 heavy (non-hydrogen) atoms. The second-order valence-corrected chi connectivity index (χ2v) is 7.31. The van der Waals surface area contributed by atoms with E-state index >= 15 is 0 Å². The minimum Gasteiger partial charge on any atom is -0.329 e. The number of aryl methyl sites for hydroxylation is 1. The lowest BCUT2D eigenvalue weighted by Gasteiger charge is -2.42. The molecule has 2 nitrogen and oxygen atoms in total. The van der Waals surface area contributed by atoms with E-state index in [2.05, 4.69) is 25.8 Å². The van der Waals surface area contributed by atoms with E-state index in [1.54, 1.807) is 12.1 Å². The quantitative estimate of drug-likeness (QED) is 0.907. The summed E-state index contributed by atoms with van der Waals surface area (Å²) in [5.74, 6) is -0.172. The monoisotopic (exact) mass is 292 g/mol. The maximum atomic E-state index is 13.3. The zero-order valence-corrected chi connectivity index (χ0v) is 13.8. The van der Waals surface area contributed by atoms with Gasteiger partial charge >= 0.3 is 0 Å². The van der Waals surface area contributed by atoms with Crippen LogP contribution in [-0.4, -0.2) is 24.5 Å². The molecule has 1 saturated carbocycles. The third kappa shape index (κ3) is 3.83. The molecule has 0 aliphatic heterocycles. The maximum Gasteiger partial charge on any atom is 0.123 e. The molecule has 3 heteroatoms. The van der Waals surface area contributed by atoms with E-state index in [0.717, 1.165) is 11.1 Å². The van der Waals surface area contributed by atoms with Crippen LogP contribution in [0.1, 0.15) is 56.7 Å². The van der Waals surface area contributed by atoms with Gasteiger partial charge < -0.3 is 5.73 Å². The van der Waals surface area contributed by atoms with Crippen molar-refractivity contribution in [2.24, 2.45) is 11.1 Å². The van der Waals surface area contributed by atoms with Crippen LogP contribution in [0.15, 0.2) is 18.2 Å². The first kappa shape index (κ1) is 16.4. The molecule has 0 radical (unpaired) electrons. The van der Waals surface area contributed by atoms with Gasteiger partial charge in [0.1, 0.15) is 5.82 Å². The molecule has 0 saturated heterocycles. The van der Waals surface area contributed by atoms with Crippen LogP contribution in [0.25, 0.3) is 0 Å². The molecule has 1 aliphatic carbocycles. The zero-order valence-electron chi connectivity index (χ0n) is 13.8. The zero-order chi connectivity index (χ0) is 15.6. The molecule has 1 aromatic carbocycles. The number of nitrogens with zero attached hydrogens (tertiary/aromatic N) is 1. The fraction of sp³-hybridized carbons (Fsp3) is 0.667. The van der Waals surface area contributed by atoms with Gasteiger partial charge in [0.25, 0.3) is 0 Å². The lowest BCUT2D eigenvalue weighted by Crippen LogP contribution is -2.42. The van der Waals surface area contributed by atoms with Crippen LogP contribution in [0.2, 0.25) is 0 Å². The van der Waals surface area contributed by atoms with Crippen LogP contribution in [0.4, 0.5) is 4.39 Å². The first-order valence-electron chi connectivity index (χ1n) is 8.02. The van der Waals surface area contributed by atoms with E-state index in [1.165, 1.54) is 25.7 Å². The van der Waals surface area contributed by atoms with Crippen LogP contribution in [0.3, 0.4) is 0 Å². The molecule has 2 rings (SSSR count). The van der Waals surface area contributed by atoms with Gasteiger partial charge in [-0.3, -0.25) is 4.90 Å². The summed E-state index contributed by atoms with van der Waals surface area (Å²) >= 11 is 0. The number of hydrogen-bond donors (Lipinski definition) is 1. The molecule has 0 amide bonds. The van der Waals surface area contributed by atoms with Gasteiger partial charge in [-0.1, -0.05) is 19.9 Å². The molecule has 0 aromatic heterocycles. The fourth-order valence-corrected chi connectivity index (χ4v) is 3.57. The summed E-state index contributed by atoms with van der Waals surface area (Å²) in [6.45, 7) is 7.25. The Balaban J connectivity index is 2.13. The van der Waals surface area contributed by atoms with Crippen molar-refractivity contribution in [1.82, 2.24) is 4.90 Å². The van der Waals surface area contributed by atoms with Crippen molar-refractivity contribution < 1.29 is 4.39 Å². The summed E-state index contributed by atoms with van der Waals surface area (Å²) in [6, 6.07) is 5.80. The van der Waals surface area contributed by atoms with E-state index in [0.29, 0.717) is 18.0 Å². The molecule has 1 fully saturated rings. The third-order valence-corrected chi connectivity index (χ3v) is 5.19. The van der Waals surface area contributed by atoms with Gasteiger partial charge in [-0.25, -0.2) is 4.39 Å². The Labute approximate surface area is 128 Å². The van der Waals surface area contributed by atoms with E-state index in [9.17, 15) is 4.39 Å². The second kappa shape index (κ2) is 6.45. The smallest absolute Gasteiger partial charge is 0.123 e. The highest BCUT2D eigenvalue weighted by atomic mass is 19.1. The minimum atomic E-state index is -0.172. The largest absolute Gasteiger partial charge is 0.329 e. The molecular weight excluding hydrogens is 263 g/mol. The van der Waals surface area contributed by atoms with Gasteiger partial charge in [0, 0.05) is 18.6 Å². The highest BCUT2D eigenvalue weighted by Gasteiger charge is 2.31. The topological polar surface area (TPSA) is 29.3 Å². The highest BCUT2D eigenvalue weighted by molar-refractivity contribution is 5.30. The van der Waals surface area contributed by atoms with Crippen LogP contribution in [0.5, 0.6) is 0 Å². The molecule has 1 atom stereocenters. The number of likely N-dealkylation sites (N-methyl/N-ethyl adjacent to an activating group) is 1. The standard InChI is InChI=1S/C18H29FN2/c1-13-11-14(19)5-6-16(13)17(12-20)21(4)15-7-9-18(2,3)10-8-15/h5-6,11,15,17H,7-10,12,20H2,1-4H3. The molecule has 2 N–H and O–H groups in total. The van der Waals surface area contributed by atoms with Crippen LogP contribution in [-0.2, 0) is 0 Å². The maximum absolute atomic E-state index is 13.3. The summed E-state index contributed by atoms with van der Waals surface area (Å²) in [6.07, 6.45) is 4.98. The third-order valence-electron chi connectivity index (χ3n) is 5.19. The number of halogens is 1. The molecular formula is C18H29FN2. The molecule has 1 unspecified atom stereocenters. The lowest BCUT2D eigenvalue weighted by atomic mass is 9.75. The van der Waals surface area contributed by atoms with Gasteiger partial charge in [-0.05, 0) is 68.3 Å². The van der Waals surface area contributed by atoms with Crippen molar-refractivity contribution in [2.75, 3.05) is 13.6 Å². The SMILES string of the molecule is Cc1cc(F)ccc1C(CN)N(C)C1CCC(C)(C)CC1. The minimum absolute atomic E-state index is 0.172. The van der Waals surface area contributed by atoms with E-state index < -0.39 is 0 Å². The van der Waals surface area contributed by atoms with Crippen molar-refractivity contribution >= 4 is 0 Å². The van der Waals surface area contributed by atoms with Gasteiger partial charge in [0.05, 0.1) is 0 Å². The summed E-state index contributed by atoms with van der Waals surface area (Å²) in [5, 5.41) is 0. The van der Waals surface area contributed by atoms with E-state index in [1.807, 2.05) is 13.0 Å². The van der Waals surface area contributed by atoms with Gasteiger partial charge in [-0.2, -0.15) is 0 Å². The van der Waals surface area contributed by atoms with Crippen LogP contribution < -0.4 is 5.73 Å². The van der Waals surface area contributed by atoms with Crippen molar-refractivity contribution in [3.63, 3.8) is 0 Å². The first-order valence-corrected chi connectivity index (χ1v) is 8.02. The van der Waals surface area contributed by atoms with E-state index in [4.69, 9.17) is 5.73 Å². The summed E-state index contributed by atoms with van der Waals surface area (Å²) in [5.41, 5.74) is 8.66. The Morgan fingerprint density at radius 2 is 1.95 bits per heavy atom. The Bertz CT molecular complexity index is 474. The number of nitrogens with two attached hydrogens (primary N) is 1. The van der Waals surface area contributed by atoms with Crippen molar-refractivity contribution in [2.45, 2.75) is 58.5 Å². The summed E-state index contributed by atoms with van der Waals surface area (Å²) in [7, 11) is 2.17. The molecule has 118 valence electrons. The van der Waals surface area contributed by atoms with Crippen molar-refractivity contribution in [1.29, 1.82) is 0 Å². The number of rotatable bonds is 4. The number of hydrogen-bond acceptors (Lipinski definition) is 2. The first-order chi connectivity index (χ1) is 9.84. The van der Waals surface area contributed by atoms with Crippen LogP contribution in [0, 0.1) is 18.2 Å². The normalized spacial score (nSPS) is 20.7. The molecule has 1 aliphatic rings. The van der Waals surface area contributed by atoms with Crippen LogP contribution >= 0.6 is 0 Å². The lowest BCUT2D eigenvalue weighted by molar-refractivity contribution is 0.0964. The predicted molar refractivity (Wildman–Crippen MR) is 86.7 cm³/mol. The predicted octanol–water partition coefficient (Wildman–Crippen LogP) is 4.03. The fourth-order valence-electron chi connectivity index (χ4n) is 3.57. The Hall–Kier alpha value is -0.930. The average molecular weight is 292 g/mol. The summed E-state index contributed by atoms with van der Waals surface area (Å²) < 4.78 is 13.3.